The smallest absolute Gasteiger partial charge is 0.125 e. The zero-order valence-corrected chi connectivity index (χ0v) is 23.3. The summed E-state index contributed by atoms with van der Waals surface area (Å²) in [6.07, 6.45) is 0. The Balaban J connectivity index is 1.23. The van der Waals surface area contributed by atoms with E-state index in [1.165, 1.54) is 81.4 Å². The molecule has 1 aliphatic rings. The van der Waals surface area contributed by atoms with Crippen molar-refractivity contribution in [2.24, 2.45) is 0 Å². The van der Waals surface area contributed by atoms with Crippen LogP contribution < -0.4 is 0 Å². The van der Waals surface area contributed by atoms with Crippen molar-refractivity contribution >= 4 is 65.5 Å². The quantitative estimate of drug-likeness (QED) is 0.209. The highest BCUT2D eigenvalue weighted by Gasteiger charge is 2.28. The van der Waals surface area contributed by atoms with Crippen molar-refractivity contribution in [2.75, 3.05) is 0 Å². The first kappa shape index (κ1) is 22.4. The van der Waals surface area contributed by atoms with Crippen molar-refractivity contribution in [1.82, 2.24) is 9.55 Å². The molecule has 0 saturated carbocycles. The molecule has 0 saturated heterocycles. The fourth-order valence-corrected chi connectivity index (χ4v) is 8.25. The fourth-order valence-electron chi connectivity index (χ4n) is 7.10. The number of hydrogen-bond acceptors (Lipinski definition) is 2. The fraction of sp³-hybridized carbons (Fsp3) is 0. The third-order valence-electron chi connectivity index (χ3n) is 8.95. The van der Waals surface area contributed by atoms with Crippen molar-refractivity contribution in [3.63, 3.8) is 0 Å². The second-order valence-corrected chi connectivity index (χ2v) is 12.2. The molecule has 0 aliphatic heterocycles. The number of hydrogen-bond donors (Lipinski definition) is 0. The van der Waals surface area contributed by atoms with Gasteiger partial charge in [-0.3, -0.25) is 0 Å². The molecule has 2 nitrogen and oxygen atoms in total. The number of fused-ring (bicyclic) bond motifs is 8. The molecule has 2 heterocycles. The Hall–Kier alpha value is -5.25. The molecule has 0 unspecified atom stereocenters. The summed E-state index contributed by atoms with van der Waals surface area (Å²) < 4.78 is 2.46. The molecule has 7 aromatic carbocycles. The van der Waals surface area contributed by atoms with Crippen LogP contribution in [0.4, 0.5) is 0 Å². The Labute approximate surface area is 245 Å². The number of para-hydroxylation sites is 1. The molecule has 0 radical (unpaired) electrons. The van der Waals surface area contributed by atoms with Crippen LogP contribution in [0.25, 0.3) is 92.1 Å². The van der Waals surface area contributed by atoms with Crippen LogP contribution in [0.3, 0.4) is 0 Å². The molecule has 0 atom stereocenters. The van der Waals surface area contributed by atoms with Gasteiger partial charge in [-0.05, 0) is 45.8 Å². The van der Waals surface area contributed by atoms with E-state index in [-0.39, 0.29) is 0 Å². The summed E-state index contributed by atoms with van der Waals surface area (Å²) in [6, 6.07) is 48.6. The summed E-state index contributed by atoms with van der Waals surface area (Å²) in [5.41, 5.74) is 8.50. The van der Waals surface area contributed by atoms with E-state index >= 15 is 0 Å². The van der Waals surface area contributed by atoms with E-state index in [0.717, 1.165) is 10.7 Å². The minimum Gasteiger partial charge on any atom is -0.309 e. The highest BCUT2D eigenvalue weighted by molar-refractivity contribution is 7.19. The molecule has 0 amide bonds. The van der Waals surface area contributed by atoms with Crippen LogP contribution in [0.15, 0.2) is 133 Å². The zero-order chi connectivity index (χ0) is 27.4. The standard InChI is InChI=1S/C39H22N2S/c1-2-11-25-22-35-32(21-24(25)10-1)27-14-5-6-18-33(27)41(35)34-20-19-30-36-29(34)16-8-17-31(36)38-37(30)40-39(42-38)28-15-7-12-23-9-3-4-13-26(23)28/h1-22H. The summed E-state index contributed by atoms with van der Waals surface area (Å²) in [5.74, 6) is 0. The topological polar surface area (TPSA) is 17.8 Å². The Morgan fingerprint density at radius 2 is 1.17 bits per heavy atom. The third kappa shape index (κ3) is 2.90. The van der Waals surface area contributed by atoms with Crippen LogP contribution in [-0.4, -0.2) is 9.55 Å². The highest BCUT2D eigenvalue weighted by Crippen LogP contribution is 2.53. The van der Waals surface area contributed by atoms with E-state index in [1.807, 2.05) is 11.3 Å². The van der Waals surface area contributed by atoms with Crippen molar-refractivity contribution in [3.05, 3.63) is 133 Å². The maximum atomic E-state index is 5.29. The van der Waals surface area contributed by atoms with Crippen molar-refractivity contribution in [3.8, 4) is 38.0 Å². The van der Waals surface area contributed by atoms with Crippen LogP contribution in [0.1, 0.15) is 0 Å². The van der Waals surface area contributed by atoms with E-state index in [2.05, 4.69) is 138 Å². The number of benzene rings is 7. The molecule has 0 spiro atoms. The van der Waals surface area contributed by atoms with Crippen LogP contribution in [0.5, 0.6) is 0 Å². The van der Waals surface area contributed by atoms with Gasteiger partial charge in [-0.1, -0.05) is 109 Å². The zero-order valence-electron chi connectivity index (χ0n) is 22.5. The number of aromatic nitrogens is 2. The molecular formula is C39H22N2S. The summed E-state index contributed by atoms with van der Waals surface area (Å²) in [4.78, 5) is 6.56. The minimum atomic E-state index is 1.08. The first-order valence-corrected chi connectivity index (χ1v) is 15.1. The van der Waals surface area contributed by atoms with Gasteiger partial charge in [-0.2, -0.15) is 0 Å². The first-order chi connectivity index (χ1) is 20.8. The molecule has 0 bridgehead atoms. The van der Waals surface area contributed by atoms with Crippen LogP contribution in [-0.2, 0) is 0 Å². The Bertz CT molecular complexity index is 2550. The van der Waals surface area contributed by atoms with Gasteiger partial charge in [0.2, 0.25) is 0 Å². The first-order valence-electron chi connectivity index (χ1n) is 14.3. The number of thiazole rings is 1. The molecule has 42 heavy (non-hydrogen) atoms. The molecule has 9 aromatic rings. The van der Waals surface area contributed by atoms with E-state index < -0.39 is 0 Å². The van der Waals surface area contributed by atoms with Crippen molar-refractivity contribution in [1.29, 1.82) is 0 Å². The molecule has 1 aliphatic carbocycles. The summed E-state index contributed by atoms with van der Waals surface area (Å²) in [6.45, 7) is 0. The molecule has 3 heteroatoms. The van der Waals surface area contributed by atoms with Gasteiger partial charge in [0.1, 0.15) is 5.01 Å². The average molecular weight is 551 g/mol. The van der Waals surface area contributed by atoms with Crippen molar-refractivity contribution < 1.29 is 0 Å². The monoisotopic (exact) mass is 550 g/mol. The summed E-state index contributed by atoms with van der Waals surface area (Å²) in [5, 5.41) is 11.2. The summed E-state index contributed by atoms with van der Waals surface area (Å²) in [7, 11) is 0. The third-order valence-corrected chi connectivity index (χ3v) is 10.1. The van der Waals surface area contributed by atoms with Crippen LogP contribution >= 0.6 is 11.3 Å². The van der Waals surface area contributed by atoms with Gasteiger partial charge >= 0.3 is 0 Å². The van der Waals surface area contributed by atoms with Gasteiger partial charge in [-0.15, -0.1) is 11.3 Å². The lowest BCUT2D eigenvalue weighted by molar-refractivity contribution is 1.20. The van der Waals surface area contributed by atoms with E-state index in [9.17, 15) is 0 Å². The lowest BCUT2D eigenvalue weighted by atomic mass is 10.0. The maximum absolute atomic E-state index is 5.29. The van der Waals surface area contributed by atoms with Crippen LogP contribution in [0.2, 0.25) is 0 Å². The van der Waals surface area contributed by atoms with E-state index in [0.29, 0.717) is 0 Å². The van der Waals surface area contributed by atoms with Gasteiger partial charge < -0.3 is 4.57 Å². The van der Waals surface area contributed by atoms with Crippen LogP contribution in [0, 0.1) is 0 Å². The van der Waals surface area contributed by atoms with Gasteiger partial charge in [0.15, 0.2) is 0 Å². The van der Waals surface area contributed by atoms with Crippen molar-refractivity contribution in [2.45, 2.75) is 0 Å². The molecule has 194 valence electrons. The molecular weight excluding hydrogens is 529 g/mol. The van der Waals surface area contributed by atoms with Gasteiger partial charge in [-0.25, -0.2) is 4.98 Å². The average Bonchev–Trinajstić information content (AvgIpc) is 3.70. The van der Waals surface area contributed by atoms with Gasteiger partial charge in [0.05, 0.1) is 27.3 Å². The van der Waals surface area contributed by atoms with Gasteiger partial charge in [0.25, 0.3) is 0 Å². The second kappa shape index (κ2) is 8.16. The Kier molecular flexibility index (Phi) is 4.36. The minimum absolute atomic E-state index is 1.08. The van der Waals surface area contributed by atoms with E-state index in [1.54, 1.807) is 0 Å². The van der Waals surface area contributed by atoms with E-state index in [4.69, 9.17) is 4.98 Å². The molecule has 0 fully saturated rings. The lowest BCUT2D eigenvalue weighted by Crippen LogP contribution is -1.96. The maximum Gasteiger partial charge on any atom is 0.125 e. The highest BCUT2D eigenvalue weighted by atomic mass is 32.1. The lowest BCUT2D eigenvalue weighted by Gasteiger charge is -2.13. The molecule has 2 aromatic heterocycles. The largest absolute Gasteiger partial charge is 0.309 e. The SMILES string of the molecule is c1ccc2cc3c(cc2c1)c1ccccc1n3-c1ccc2c3c(cccc13)-c1sc(-c3cccc4ccccc34)nc1-2. The second-order valence-electron chi connectivity index (χ2n) is 11.2. The number of nitrogens with zero attached hydrogens (tertiary/aromatic N) is 2. The Morgan fingerprint density at radius 3 is 2.07 bits per heavy atom. The molecule has 0 N–H and O–H groups in total. The predicted molar refractivity (Wildman–Crippen MR) is 179 cm³/mol. The normalized spacial score (nSPS) is 12.3. The van der Waals surface area contributed by atoms with Gasteiger partial charge in [0, 0.05) is 38.2 Å². The predicted octanol–water partition coefficient (Wildman–Crippen LogP) is 11.0. The molecule has 10 rings (SSSR count). The summed E-state index contributed by atoms with van der Waals surface area (Å²) >= 11 is 1.81. The Morgan fingerprint density at radius 1 is 0.476 bits per heavy atom. The number of rotatable bonds is 2.